The van der Waals surface area contributed by atoms with Crippen molar-refractivity contribution in [2.75, 3.05) is 20.2 Å². The molecule has 2 atom stereocenters. The molecule has 2 bridgehead atoms. The Morgan fingerprint density at radius 2 is 2.00 bits per heavy atom. The van der Waals surface area contributed by atoms with E-state index in [1.807, 2.05) is 27.7 Å². The summed E-state index contributed by atoms with van der Waals surface area (Å²) in [6.07, 6.45) is 1.01. The third kappa shape index (κ3) is 3.14. The zero-order valence-electron chi connectivity index (χ0n) is 15.6. The zero-order valence-corrected chi connectivity index (χ0v) is 15.6. The second-order valence-corrected chi connectivity index (χ2v) is 7.53. The van der Waals surface area contributed by atoms with Crippen LogP contribution >= 0.6 is 0 Å². The van der Waals surface area contributed by atoms with E-state index in [9.17, 15) is 14.7 Å². The summed E-state index contributed by atoms with van der Waals surface area (Å²) in [7, 11) is 1.57. The van der Waals surface area contributed by atoms with Gasteiger partial charge in [0.25, 0.3) is 5.56 Å². The maximum absolute atomic E-state index is 12.8. The number of amides is 1. The topological polar surface area (TPSA) is 71.8 Å². The molecule has 0 unspecified atom stereocenters. The number of ether oxygens (including phenoxy) is 1. The average molecular weight is 368 g/mol. The number of hydrogen-bond acceptors (Lipinski definition) is 4. The zero-order chi connectivity index (χ0) is 19.1. The molecule has 2 aliphatic rings. The first-order chi connectivity index (χ1) is 13.0. The molecule has 2 aliphatic heterocycles. The minimum atomic E-state index is -0.126. The molecule has 6 heteroatoms. The number of aliphatic hydroxyl groups is 1. The van der Waals surface area contributed by atoms with Crippen LogP contribution in [0.2, 0.25) is 0 Å². The molecule has 4 rings (SSSR count). The fourth-order valence-electron chi connectivity index (χ4n) is 4.46. The van der Waals surface area contributed by atoms with Crippen LogP contribution in [-0.2, 0) is 17.9 Å². The van der Waals surface area contributed by atoms with E-state index < -0.39 is 0 Å². The van der Waals surface area contributed by atoms with Crippen LogP contribution in [0.15, 0.2) is 35.1 Å². The van der Waals surface area contributed by atoms with Gasteiger partial charge >= 0.3 is 0 Å². The van der Waals surface area contributed by atoms with E-state index in [1.165, 1.54) is 0 Å². The Hall–Kier alpha value is -2.60. The number of methoxy groups -OCH3 is 1. The quantitative estimate of drug-likeness (QED) is 0.899. The number of hydrogen-bond donors (Lipinski definition) is 1. The highest BCUT2D eigenvalue weighted by Gasteiger charge is 2.35. The first-order valence-electron chi connectivity index (χ1n) is 9.28. The summed E-state index contributed by atoms with van der Waals surface area (Å²) in [6.45, 7) is 3.55. The van der Waals surface area contributed by atoms with Gasteiger partial charge in [0.05, 0.1) is 13.7 Å². The van der Waals surface area contributed by atoms with Gasteiger partial charge in [0.2, 0.25) is 5.91 Å². The summed E-state index contributed by atoms with van der Waals surface area (Å²) in [5.41, 5.74) is 3.40. The van der Waals surface area contributed by atoms with Gasteiger partial charge in [-0.05, 0) is 41.7 Å². The normalized spacial score (nSPS) is 20.9. The number of fused-ring (bicyclic) bond motifs is 4. The van der Waals surface area contributed by atoms with Crippen molar-refractivity contribution in [3.63, 3.8) is 0 Å². The second-order valence-electron chi connectivity index (χ2n) is 7.53. The van der Waals surface area contributed by atoms with Gasteiger partial charge in [-0.15, -0.1) is 0 Å². The monoisotopic (exact) mass is 368 g/mol. The van der Waals surface area contributed by atoms with Crippen LogP contribution in [0.3, 0.4) is 0 Å². The average Bonchev–Trinajstić information content (AvgIpc) is 2.67. The van der Waals surface area contributed by atoms with Gasteiger partial charge in [0.15, 0.2) is 0 Å². The number of piperidine rings is 1. The van der Waals surface area contributed by atoms with Crippen molar-refractivity contribution in [2.24, 2.45) is 5.92 Å². The SMILES string of the molecule is COc1ccc(-c2cc3n(c(=O)c2)C[C@H]2C[C@@H]3CN(C(C)=O)C2)cc1CO. The molecule has 0 spiro atoms. The summed E-state index contributed by atoms with van der Waals surface area (Å²) in [5, 5.41) is 9.58. The molecular formula is C21H24N2O4. The molecule has 1 amide bonds. The Morgan fingerprint density at radius 1 is 1.19 bits per heavy atom. The number of benzene rings is 1. The number of carbonyl (C=O) groups is 1. The maximum atomic E-state index is 12.8. The van der Waals surface area contributed by atoms with E-state index >= 15 is 0 Å². The summed E-state index contributed by atoms with van der Waals surface area (Å²) in [4.78, 5) is 26.5. The lowest BCUT2D eigenvalue weighted by Crippen LogP contribution is -2.48. The number of likely N-dealkylation sites (tertiary alicyclic amines) is 1. The first-order valence-corrected chi connectivity index (χ1v) is 9.28. The summed E-state index contributed by atoms with van der Waals surface area (Å²) < 4.78 is 7.14. The van der Waals surface area contributed by atoms with E-state index in [0.717, 1.165) is 29.8 Å². The Morgan fingerprint density at radius 3 is 2.70 bits per heavy atom. The Kier molecular flexibility index (Phi) is 4.52. The maximum Gasteiger partial charge on any atom is 0.251 e. The smallest absolute Gasteiger partial charge is 0.251 e. The van der Waals surface area contributed by atoms with E-state index in [2.05, 4.69) is 6.07 Å². The number of pyridine rings is 1. The standard InChI is InChI=1S/C21H24N2O4/c1-13(25)22-9-14-5-17(11-22)19-7-16(8-21(26)23(19)10-14)15-3-4-20(27-2)18(6-15)12-24/h3-4,6-8,14,17,24H,5,9-12H2,1-2H3/t14-,17+/m0/s1. The van der Waals surface area contributed by atoms with Crippen molar-refractivity contribution in [2.45, 2.75) is 32.4 Å². The molecule has 142 valence electrons. The van der Waals surface area contributed by atoms with Crippen LogP contribution in [0.4, 0.5) is 0 Å². The highest BCUT2D eigenvalue weighted by Crippen LogP contribution is 2.37. The fourth-order valence-corrected chi connectivity index (χ4v) is 4.46. The molecule has 6 nitrogen and oxygen atoms in total. The molecular weight excluding hydrogens is 344 g/mol. The minimum Gasteiger partial charge on any atom is -0.496 e. The molecule has 1 aromatic carbocycles. The van der Waals surface area contributed by atoms with Crippen molar-refractivity contribution in [1.29, 1.82) is 0 Å². The van der Waals surface area contributed by atoms with E-state index in [0.29, 0.717) is 30.3 Å². The minimum absolute atomic E-state index is 0.00478. The molecule has 0 radical (unpaired) electrons. The Balaban J connectivity index is 1.77. The number of aromatic nitrogens is 1. The third-order valence-corrected chi connectivity index (χ3v) is 5.79. The fraction of sp³-hybridized carbons (Fsp3) is 0.429. The number of rotatable bonds is 3. The number of nitrogens with zero attached hydrogens (tertiary/aromatic N) is 2. The van der Waals surface area contributed by atoms with Crippen molar-refractivity contribution in [1.82, 2.24) is 9.47 Å². The van der Waals surface area contributed by atoms with Crippen molar-refractivity contribution < 1.29 is 14.6 Å². The molecule has 1 N–H and O–H groups in total. The van der Waals surface area contributed by atoms with Crippen LogP contribution in [0, 0.1) is 5.92 Å². The van der Waals surface area contributed by atoms with Crippen LogP contribution in [0.25, 0.3) is 11.1 Å². The van der Waals surface area contributed by atoms with Gasteiger partial charge in [-0.2, -0.15) is 0 Å². The number of carbonyl (C=O) groups excluding carboxylic acids is 1. The van der Waals surface area contributed by atoms with E-state index in [1.54, 1.807) is 20.1 Å². The number of aliphatic hydroxyl groups excluding tert-OH is 1. The summed E-state index contributed by atoms with van der Waals surface area (Å²) in [5.74, 6) is 1.25. The lowest BCUT2D eigenvalue weighted by Gasteiger charge is -2.42. The predicted octanol–water partition coefficient (Wildman–Crippen LogP) is 1.98. The molecule has 0 saturated carbocycles. The molecule has 2 aromatic rings. The molecule has 1 saturated heterocycles. The Bertz CT molecular complexity index is 950. The van der Waals surface area contributed by atoms with Crippen molar-refractivity contribution in [3.8, 4) is 16.9 Å². The van der Waals surface area contributed by atoms with Crippen molar-refractivity contribution >= 4 is 5.91 Å². The van der Waals surface area contributed by atoms with Crippen molar-refractivity contribution in [3.05, 3.63) is 51.9 Å². The van der Waals surface area contributed by atoms with Crippen LogP contribution < -0.4 is 10.3 Å². The molecule has 27 heavy (non-hydrogen) atoms. The van der Waals surface area contributed by atoms with Gasteiger partial charge in [-0.1, -0.05) is 6.07 Å². The molecule has 0 aliphatic carbocycles. The van der Waals surface area contributed by atoms with Crippen LogP contribution in [-0.4, -0.2) is 40.7 Å². The second kappa shape index (κ2) is 6.85. The van der Waals surface area contributed by atoms with E-state index in [4.69, 9.17) is 4.74 Å². The van der Waals surface area contributed by atoms with Gasteiger partial charge in [0.1, 0.15) is 5.75 Å². The molecule has 1 aromatic heterocycles. The summed E-state index contributed by atoms with van der Waals surface area (Å²) in [6, 6.07) is 9.30. The predicted molar refractivity (Wildman–Crippen MR) is 102 cm³/mol. The summed E-state index contributed by atoms with van der Waals surface area (Å²) >= 11 is 0. The highest BCUT2D eigenvalue weighted by atomic mass is 16.5. The third-order valence-electron chi connectivity index (χ3n) is 5.79. The molecule has 1 fully saturated rings. The first kappa shape index (κ1) is 17.8. The lowest BCUT2D eigenvalue weighted by molar-refractivity contribution is -0.131. The van der Waals surface area contributed by atoms with E-state index in [-0.39, 0.29) is 24.0 Å². The van der Waals surface area contributed by atoms with Crippen LogP contribution in [0.1, 0.15) is 30.5 Å². The van der Waals surface area contributed by atoms with Crippen LogP contribution in [0.5, 0.6) is 5.75 Å². The van der Waals surface area contributed by atoms with Gasteiger partial charge in [-0.3, -0.25) is 9.59 Å². The molecule has 3 heterocycles. The largest absolute Gasteiger partial charge is 0.496 e. The lowest BCUT2D eigenvalue weighted by atomic mass is 9.82. The van der Waals surface area contributed by atoms with Gasteiger partial charge < -0.3 is 19.3 Å². The highest BCUT2D eigenvalue weighted by molar-refractivity contribution is 5.73. The van der Waals surface area contributed by atoms with Gasteiger partial charge in [0, 0.05) is 49.8 Å². The Labute approximate surface area is 158 Å². The van der Waals surface area contributed by atoms with Gasteiger partial charge in [-0.25, -0.2) is 0 Å².